The van der Waals surface area contributed by atoms with Crippen LogP contribution in [0.3, 0.4) is 0 Å². The second-order valence-electron chi connectivity index (χ2n) is 13.6. The number of ether oxygens (including phenoxy) is 3. The lowest BCUT2D eigenvalue weighted by atomic mass is 9.67. The van der Waals surface area contributed by atoms with E-state index in [0.717, 1.165) is 31.2 Å². The van der Waals surface area contributed by atoms with Gasteiger partial charge in [-0.25, -0.2) is 4.89 Å². The molecular weight excluding hydrogens is 522 g/mol. The number of hydrogen-bond donors (Lipinski definition) is 1. The molecule has 1 aromatic rings. The average Bonchev–Trinajstić information content (AvgIpc) is 3.29. The third-order valence-electron chi connectivity index (χ3n) is 8.29. The highest BCUT2D eigenvalue weighted by Crippen LogP contribution is 2.53. The largest absolute Gasteiger partial charge is 0.352 e. The van der Waals surface area contributed by atoms with Crippen molar-refractivity contribution in [2.75, 3.05) is 13.2 Å². The van der Waals surface area contributed by atoms with Gasteiger partial charge in [0.2, 0.25) is 11.7 Å². The summed E-state index contributed by atoms with van der Waals surface area (Å²) in [5.41, 5.74) is 1.02. The van der Waals surface area contributed by atoms with Crippen molar-refractivity contribution in [2.45, 2.75) is 103 Å². The van der Waals surface area contributed by atoms with Crippen molar-refractivity contribution in [1.29, 1.82) is 0 Å². The highest BCUT2D eigenvalue weighted by molar-refractivity contribution is 6.77. The highest BCUT2D eigenvalue weighted by atomic mass is 35.5. The van der Waals surface area contributed by atoms with Crippen LogP contribution in [0.2, 0.25) is 24.7 Å². The Morgan fingerprint density at radius 2 is 1.74 bits per heavy atom. The van der Waals surface area contributed by atoms with Crippen molar-refractivity contribution in [2.24, 2.45) is 23.2 Å². The zero-order valence-electron chi connectivity index (χ0n) is 24.1. The normalized spacial score (nSPS) is 32.8. The molecule has 0 aromatic heterocycles. The van der Waals surface area contributed by atoms with Gasteiger partial charge in [-0.1, -0.05) is 64.1 Å². The lowest BCUT2D eigenvalue weighted by Crippen LogP contribution is -2.55. The van der Waals surface area contributed by atoms with E-state index in [-0.39, 0.29) is 29.1 Å². The monoisotopic (exact) mass is 567 g/mol. The molecule has 2 aliphatic heterocycles. The minimum absolute atomic E-state index is 0.0133. The Morgan fingerprint density at radius 1 is 1.08 bits per heavy atom. The van der Waals surface area contributed by atoms with Crippen LogP contribution in [0.4, 0.5) is 0 Å². The summed E-state index contributed by atoms with van der Waals surface area (Å²) in [6.45, 7) is 17.0. The first-order valence-electron chi connectivity index (χ1n) is 14.0. The van der Waals surface area contributed by atoms with E-state index in [1.165, 1.54) is 0 Å². The smallest absolute Gasteiger partial charge is 0.220 e. The number of carbonyl (C=O) groups is 1. The van der Waals surface area contributed by atoms with Gasteiger partial charge in [-0.2, -0.15) is 4.89 Å². The van der Waals surface area contributed by atoms with E-state index in [2.05, 4.69) is 45.7 Å². The van der Waals surface area contributed by atoms with Crippen LogP contribution in [0.15, 0.2) is 24.3 Å². The summed E-state index contributed by atoms with van der Waals surface area (Å²) in [6, 6.07) is 7.52. The van der Waals surface area contributed by atoms with Crippen molar-refractivity contribution in [3.8, 4) is 0 Å². The van der Waals surface area contributed by atoms with Gasteiger partial charge in [0.15, 0.2) is 11.7 Å². The number of hydrogen-bond acceptors (Lipinski definition) is 6. The zero-order chi connectivity index (χ0) is 27.8. The summed E-state index contributed by atoms with van der Waals surface area (Å²) in [5.74, 6) is -1.73. The number of nitrogens with one attached hydrogen (secondary N) is 1. The molecule has 1 spiro atoms. The SMILES string of the molecule is C[C@@H]1CCC(CC(=O)NCc2ccc(Cl)cc2)C2(OOC([Si](C)(C)C)O2)[C@H]1CCC1(C)OCC(C)(C)CO1. The zero-order valence-corrected chi connectivity index (χ0v) is 25.9. The molecule has 2 saturated heterocycles. The molecule has 3 unspecified atom stereocenters. The Morgan fingerprint density at radius 3 is 2.34 bits per heavy atom. The Kier molecular flexibility index (Phi) is 9.05. The fraction of sp³-hybridized carbons (Fsp3) is 0.759. The van der Waals surface area contributed by atoms with Crippen LogP contribution in [-0.4, -0.2) is 44.7 Å². The van der Waals surface area contributed by atoms with Gasteiger partial charge < -0.3 is 19.5 Å². The highest BCUT2D eigenvalue weighted by Gasteiger charge is 2.60. The van der Waals surface area contributed by atoms with E-state index in [1.54, 1.807) is 0 Å². The molecule has 3 aliphatic rings. The summed E-state index contributed by atoms with van der Waals surface area (Å²) < 4.78 is 19.2. The number of amides is 1. The first-order valence-corrected chi connectivity index (χ1v) is 18.0. The molecule has 0 radical (unpaired) electrons. The van der Waals surface area contributed by atoms with Crippen molar-refractivity contribution in [3.05, 3.63) is 34.9 Å². The van der Waals surface area contributed by atoms with Gasteiger partial charge in [0, 0.05) is 41.7 Å². The van der Waals surface area contributed by atoms with E-state index in [0.29, 0.717) is 37.1 Å². The minimum atomic E-state index is -1.84. The maximum Gasteiger partial charge on any atom is 0.220 e. The number of halogens is 1. The molecule has 3 fully saturated rings. The molecule has 1 saturated carbocycles. The Labute approximate surface area is 234 Å². The third kappa shape index (κ3) is 7.00. The van der Waals surface area contributed by atoms with E-state index < -0.39 is 19.6 Å². The molecule has 1 N–H and O–H groups in total. The molecule has 1 amide bonds. The summed E-state index contributed by atoms with van der Waals surface area (Å²) in [6.07, 6.45) is 3.67. The quantitative estimate of drug-likeness (QED) is 0.287. The predicted octanol–water partition coefficient (Wildman–Crippen LogP) is 6.46. The van der Waals surface area contributed by atoms with Gasteiger partial charge in [0.05, 0.1) is 13.2 Å². The fourth-order valence-electron chi connectivity index (χ4n) is 5.70. The first-order chi connectivity index (χ1) is 17.7. The number of benzene rings is 1. The standard InChI is InChI=1S/C29H46ClNO6Si/c1-20-8-11-22(16-25(32)31-17-21-9-12-23(30)13-10-21)29(35-26(36-37-29)38(5,6)7)24(20)14-15-28(4)33-18-27(2,3)19-34-28/h9-10,12-13,20,22,24,26H,8,11,14-19H2,1-7H3,(H,31,32)/t20-,22?,24+,26?,29?/m1/s1. The van der Waals surface area contributed by atoms with E-state index in [1.807, 2.05) is 31.2 Å². The third-order valence-corrected chi connectivity index (χ3v) is 10.2. The molecule has 1 aromatic carbocycles. The second-order valence-corrected chi connectivity index (χ2v) is 19.2. The van der Waals surface area contributed by atoms with E-state index in [9.17, 15) is 4.79 Å². The lowest BCUT2D eigenvalue weighted by Gasteiger charge is -2.48. The van der Waals surface area contributed by atoms with Crippen molar-refractivity contribution in [3.63, 3.8) is 0 Å². The van der Waals surface area contributed by atoms with Crippen LogP contribution in [0.5, 0.6) is 0 Å². The van der Waals surface area contributed by atoms with E-state index >= 15 is 0 Å². The molecule has 214 valence electrons. The fourth-order valence-corrected chi connectivity index (χ4v) is 6.70. The molecule has 5 atom stereocenters. The van der Waals surface area contributed by atoms with Gasteiger partial charge in [-0.3, -0.25) is 4.79 Å². The van der Waals surface area contributed by atoms with Crippen LogP contribution in [0.1, 0.15) is 65.4 Å². The minimum Gasteiger partial charge on any atom is -0.352 e. The van der Waals surface area contributed by atoms with Gasteiger partial charge >= 0.3 is 0 Å². The molecule has 38 heavy (non-hydrogen) atoms. The number of rotatable bonds is 8. The maximum absolute atomic E-state index is 13.2. The summed E-state index contributed by atoms with van der Waals surface area (Å²) in [4.78, 5) is 25.3. The Bertz CT molecular complexity index is 957. The summed E-state index contributed by atoms with van der Waals surface area (Å²) in [7, 11) is -1.84. The Hall–Kier alpha value is -1.00. The predicted molar refractivity (Wildman–Crippen MR) is 150 cm³/mol. The van der Waals surface area contributed by atoms with Crippen LogP contribution < -0.4 is 5.32 Å². The van der Waals surface area contributed by atoms with Gasteiger partial charge in [-0.15, -0.1) is 0 Å². The van der Waals surface area contributed by atoms with Crippen LogP contribution >= 0.6 is 11.6 Å². The Balaban J connectivity index is 1.48. The topological polar surface area (TPSA) is 75.3 Å². The van der Waals surface area contributed by atoms with Gasteiger partial charge in [0.25, 0.3) is 0 Å². The molecule has 1 aliphatic carbocycles. The summed E-state index contributed by atoms with van der Waals surface area (Å²) in [5, 5.41) is 3.75. The molecule has 4 rings (SSSR count). The first kappa shape index (κ1) is 30.0. The van der Waals surface area contributed by atoms with Crippen LogP contribution in [0, 0.1) is 23.2 Å². The second kappa shape index (κ2) is 11.5. The molecular formula is C29H46ClNO6Si. The molecule has 7 nitrogen and oxygen atoms in total. The maximum atomic E-state index is 13.2. The van der Waals surface area contributed by atoms with Crippen molar-refractivity contribution in [1.82, 2.24) is 5.32 Å². The lowest BCUT2D eigenvalue weighted by molar-refractivity contribution is -0.370. The molecule has 9 heteroatoms. The van der Waals surface area contributed by atoms with E-state index in [4.69, 9.17) is 35.6 Å². The molecule has 0 bridgehead atoms. The van der Waals surface area contributed by atoms with Crippen molar-refractivity contribution < 1.29 is 28.8 Å². The van der Waals surface area contributed by atoms with Crippen molar-refractivity contribution >= 4 is 25.6 Å². The van der Waals surface area contributed by atoms with Crippen LogP contribution in [0.25, 0.3) is 0 Å². The average molecular weight is 568 g/mol. The number of carbonyl (C=O) groups excluding carboxylic acids is 1. The van der Waals surface area contributed by atoms with Gasteiger partial charge in [0.1, 0.15) is 8.07 Å². The molecule has 2 heterocycles. The summed E-state index contributed by atoms with van der Waals surface area (Å²) >= 11 is 6.00. The van der Waals surface area contributed by atoms with Gasteiger partial charge in [-0.05, 0) is 49.8 Å². The van der Waals surface area contributed by atoms with Crippen LogP contribution in [-0.2, 0) is 35.3 Å².